The largest absolute Gasteiger partial charge is 0.416 e. The summed E-state index contributed by atoms with van der Waals surface area (Å²) in [5.74, 6) is -0.418. The van der Waals surface area contributed by atoms with Gasteiger partial charge in [-0.05, 0) is 55.2 Å². The highest BCUT2D eigenvalue weighted by molar-refractivity contribution is 6.21. The maximum absolute atomic E-state index is 13.5. The van der Waals surface area contributed by atoms with Gasteiger partial charge in [0.2, 0.25) is 5.78 Å². The second-order valence-electron chi connectivity index (χ2n) is 12.1. The first-order chi connectivity index (χ1) is 22.7. The van der Waals surface area contributed by atoms with Crippen LogP contribution in [0, 0.1) is 6.92 Å². The lowest BCUT2D eigenvalue weighted by atomic mass is 9.94. The Kier molecular flexibility index (Phi) is 7.15. The van der Waals surface area contributed by atoms with Crippen LogP contribution in [0.25, 0.3) is 55.8 Å². The highest BCUT2D eigenvalue weighted by Crippen LogP contribution is 2.42. The van der Waals surface area contributed by atoms with Crippen molar-refractivity contribution < 1.29 is 31.1 Å². The van der Waals surface area contributed by atoms with Crippen molar-refractivity contribution in [3.8, 4) is 33.8 Å². The van der Waals surface area contributed by atoms with Gasteiger partial charge in [-0.1, -0.05) is 57.2 Å². The number of ketones is 1. The van der Waals surface area contributed by atoms with E-state index in [4.69, 9.17) is 19.9 Å². The van der Waals surface area contributed by atoms with Crippen molar-refractivity contribution in [2.24, 2.45) is 0 Å². The molecule has 0 saturated heterocycles. The van der Waals surface area contributed by atoms with Crippen molar-refractivity contribution in [2.75, 3.05) is 0 Å². The Morgan fingerprint density at radius 1 is 0.604 bits per heavy atom. The molecule has 0 spiro atoms. The molecule has 0 unspecified atom stereocenters. The van der Waals surface area contributed by atoms with Gasteiger partial charge in [0.15, 0.2) is 0 Å². The van der Waals surface area contributed by atoms with E-state index in [2.05, 4.69) is 0 Å². The van der Waals surface area contributed by atoms with Crippen LogP contribution in [0.4, 0.5) is 26.3 Å². The van der Waals surface area contributed by atoms with Crippen LogP contribution in [0.15, 0.2) is 66.7 Å². The highest BCUT2D eigenvalue weighted by Gasteiger charge is 2.34. The zero-order chi connectivity index (χ0) is 34.3. The number of halogens is 6. The molecule has 0 aliphatic heterocycles. The maximum Gasteiger partial charge on any atom is 0.416 e. The molecule has 0 amide bonds. The van der Waals surface area contributed by atoms with Crippen LogP contribution in [-0.4, -0.2) is 25.7 Å². The molecule has 0 N–H and O–H groups in total. The van der Waals surface area contributed by atoms with Crippen LogP contribution < -0.4 is 0 Å². The van der Waals surface area contributed by atoms with E-state index in [9.17, 15) is 31.1 Å². The SMILES string of the molecule is CCc1ccc2c(c1)C(=O)c1nc3c(C)c4nc(-c5ccc(C(F)(F)F)cc5)c(-c5ccc(C(F)(F)F)cc5)nc4c(C(C)C)c3nc1-2. The van der Waals surface area contributed by atoms with Gasteiger partial charge in [0.1, 0.15) is 11.4 Å². The second kappa shape index (κ2) is 10.9. The number of carbonyl (C=O) groups excluding carboxylic acids is 1. The molecular weight excluding hydrogens is 630 g/mol. The summed E-state index contributed by atoms with van der Waals surface area (Å²) in [5, 5.41) is 0. The summed E-state index contributed by atoms with van der Waals surface area (Å²) in [6.45, 7) is 7.64. The average molecular weight is 657 g/mol. The van der Waals surface area contributed by atoms with Crippen LogP contribution in [0.5, 0.6) is 0 Å². The van der Waals surface area contributed by atoms with E-state index in [1.807, 2.05) is 39.0 Å². The lowest BCUT2D eigenvalue weighted by molar-refractivity contribution is -0.138. The van der Waals surface area contributed by atoms with Crippen molar-refractivity contribution >= 4 is 27.9 Å². The number of carbonyl (C=O) groups is 1. The first kappa shape index (κ1) is 31.4. The molecule has 0 saturated carbocycles. The second-order valence-corrected chi connectivity index (χ2v) is 12.1. The molecule has 0 bridgehead atoms. The fourth-order valence-corrected chi connectivity index (χ4v) is 6.26. The molecule has 0 radical (unpaired) electrons. The Morgan fingerprint density at radius 3 is 1.52 bits per heavy atom. The molecule has 0 atom stereocenters. The minimum atomic E-state index is -4.57. The van der Waals surface area contributed by atoms with Gasteiger partial charge < -0.3 is 0 Å². The Bertz CT molecular complexity index is 2290. The topological polar surface area (TPSA) is 68.6 Å². The number of aromatic nitrogens is 4. The van der Waals surface area contributed by atoms with Crippen molar-refractivity contribution in [2.45, 2.75) is 52.4 Å². The number of nitrogens with zero attached hydrogens (tertiary/aromatic N) is 4. The third-order valence-corrected chi connectivity index (χ3v) is 8.77. The number of hydrogen-bond acceptors (Lipinski definition) is 5. The molecule has 6 aromatic rings. The van der Waals surface area contributed by atoms with Gasteiger partial charge in [0.05, 0.1) is 44.6 Å². The average Bonchev–Trinajstić information content (AvgIpc) is 3.32. The monoisotopic (exact) mass is 656 g/mol. The van der Waals surface area contributed by atoms with Gasteiger partial charge >= 0.3 is 12.4 Å². The fourth-order valence-electron chi connectivity index (χ4n) is 6.26. The maximum atomic E-state index is 13.5. The molecule has 5 nitrogen and oxygen atoms in total. The van der Waals surface area contributed by atoms with Gasteiger partial charge in [-0.3, -0.25) is 4.79 Å². The molecular formula is C37H26F6N4O. The van der Waals surface area contributed by atoms with Gasteiger partial charge in [-0.2, -0.15) is 26.3 Å². The standard InChI is InChI=1S/C37H26F6N4O/c1-5-19-6-15-24-25(16-19)35(48)34-31(24)47-33-26(17(2)3)32-27(18(4)28(33)45-34)44-29(20-7-11-22(12-8-20)36(38,39)40)30(46-32)21-9-13-23(14-10-21)37(41,42)43/h6-17H,5H2,1-4H3. The molecule has 1 aliphatic carbocycles. The van der Waals surface area contributed by atoms with Gasteiger partial charge in [-0.25, -0.2) is 19.9 Å². The van der Waals surface area contributed by atoms with Gasteiger partial charge in [0, 0.05) is 33.4 Å². The first-order valence-electron chi connectivity index (χ1n) is 15.3. The number of alkyl halides is 6. The van der Waals surface area contributed by atoms with Gasteiger partial charge in [-0.15, -0.1) is 0 Å². The van der Waals surface area contributed by atoms with Crippen LogP contribution in [0.1, 0.15) is 70.6 Å². The van der Waals surface area contributed by atoms with Crippen molar-refractivity contribution in [3.63, 3.8) is 0 Å². The Balaban J connectivity index is 1.54. The molecule has 7 rings (SSSR count). The van der Waals surface area contributed by atoms with E-state index in [0.717, 1.165) is 36.2 Å². The highest BCUT2D eigenvalue weighted by atomic mass is 19.4. The summed E-state index contributed by atoms with van der Waals surface area (Å²) < 4.78 is 80.6. The zero-order valence-electron chi connectivity index (χ0n) is 26.1. The molecule has 4 aromatic carbocycles. The number of rotatable bonds is 4. The van der Waals surface area contributed by atoms with E-state index < -0.39 is 23.5 Å². The zero-order valence-corrected chi connectivity index (χ0v) is 26.1. The molecule has 11 heteroatoms. The van der Waals surface area contributed by atoms with E-state index in [0.29, 0.717) is 55.6 Å². The summed E-state index contributed by atoms with van der Waals surface area (Å²) in [6, 6.07) is 14.5. The number of aryl methyl sites for hydroxylation is 2. The first-order valence-corrected chi connectivity index (χ1v) is 15.3. The number of hydrogen-bond donors (Lipinski definition) is 0. The molecule has 1 aliphatic rings. The van der Waals surface area contributed by atoms with Crippen LogP contribution in [0.3, 0.4) is 0 Å². The van der Waals surface area contributed by atoms with Crippen molar-refractivity contribution in [3.05, 3.63) is 106 Å². The summed E-state index contributed by atoms with van der Waals surface area (Å²) in [7, 11) is 0. The minimum Gasteiger partial charge on any atom is -0.287 e. The number of benzene rings is 4. The molecule has 2 aromatic heterocycles. The van der Waals surface area contributed by atoms with Crippen LogP contribution in [-0.2, 0) is 18.8 Å². The van der Waals surface area contributed by atoms with Crippen molar-refractivity contribution in [1.29, 1.82) is 0 Å². The van der Waals surface area contributed by atoms with Crippen LogP contribution >= 0.6 is 0 Å². The third-order valence-electron chi connectivity index (χ3n) is 8.77. The molecule has 0 fully saturated rings. The lowest BCUT2D eigenvalue weighted by Gasteiger charge is -2.19. The van der Waals surface area contributed by atoms with Crippen molar-refractivity contribution in [1.82, 2.24) is 19.9 Å². The van der Waals surface area contributed by atoms with E-state index >= 15 is 0 Å². The summed E-state index contributed by atoms with van der Waals surface area (Å²) >= 11 is 0. The molecule has 242 valence electrons. The summed E-state index contributed by atoms with van der Waals surface area (Å²) in [6.07, 6.45) is -8.39. The van der Waals surface area contributed by atoms with E-state index in [1.165, 1.54) is 24.3 Å². The minimum absolute atomic E-state index is 0.179. The predicted molar refractivity (Wildman–Crippen MR) is 171 cm³/mol. The Hall–Kier alpha value is -5.19. The van der Waals surface area contributed by atoms with Crippen LogP contribution in [0.2, 0.25) is 0 Å². The Labute approximate surface area is 270 Å². The normalized spacial score (nSPS) is 13.1. The molecule has 2 heterocycles. The van der Waals surface area contributed by atoms with E-state index in [-0.39, 0.29) is 34.3 Å². The smallest absolute Gasteiger partial charge is 0.287 e. The predicted octanol–water partition coefficient (Wildman–Crippen LogP) is 10.2. The summed E-state index contributed by atoms with van der Waals surface area (Å²) in [5.41, 5.74) is 5.14. The lowest BCUT2D eigenvalue weighted by Crippen LogP contribution is -2.08. The number of fused-ring (bicyclic) bond motifs is 5. The fraction of sp³-hybridized carbons (Fsp3) is 0.216. The van der Waals surface area contributed by atoms with E-state index in [1.54, 1.807) is 6.92 Å². The Morgan fingerprint density at radius 2 is 1.06 bits per heavy atom. The third kappa shape index (κ3) is 4.99. The quantitative estimate of drug-likeness (QED) is 0.139. The molecule has 48 heavy (non-hydrogen) atoms. The summed E-state index contributed by atoms with van der Waals surface area (Å²) in [4.78, 5) is 33.3. The van der Waals surface area contributed by atoms with Gasteiger partial charge in [0.25, 0.3) is 0 Å².